The van der Waals surface area contributed by atoms with Gasteiger partial charge >= 0.3 is 0 Å². The average molecular weight is 125 g/mol. The van der Waals surface area contributed by atoms with E-state index in [9.17, 15) is 0 Å². The van der Waals surface area contributed by atoms with Crippen LogP contribution in [0, 0.1) is 6.92 Å². The fourth-order valence-electron chi connectivity index (χ4n) is 0.360. The van der Waals surface area contributed by atoms with Crippen LogP contribution < -0.4 is 0 Å². The van der Waals surface area contributed by atoms with Gasteiger partial charge in [-0.05, 0) is 6.04 Å². The molecule has 3 heteroatoms. The lowest BCUT2D eigenvalue weighted by Crippen LogP contribution is -2.02. The quantitative estimate of drug-likeness (QED) is 0.341. The first-order valence-corrected chi connectivity index (χ1v) is 7.24. The molecule has 0 aromatic rings. The van der Waals surface area contributed by atoms with Crippen LogP contribution in [0.5, 0.6) is 0 Å². The zero-order chi connectivity index (χ0) is 4.57. The van der Waals surface area contributed by atoms with Gasteiger partial charge in [-0.15, -0.1) is 0 Å². The third-order valence-electron chi connectivity index (χ3n) is 0.960. The standard InChI is InChI=1S/C3H5Si3/c1-3-2-6(3)5-4/h3H,1-2H2/q+1. The summed E-state index contributed by atoms with van der Waals surface area (Å²) in [7, 11) is 4.67. The van der Waals surface area contributed by atoms with Gasteiger partial charge in [-0.3, -0.25) is 0 Å². The number of hydrogen-bond acceptors (Lipinski definition) is 0. The van der Waals surface area contributed by atoms with E-state index in [4.69, 9.17) is 0 Å². The van der Waals surface area contributed by atoms with Crippen molar-refractivity contribution < 1.29 is 0 Å². The van der Waals surface area contributed by atoms with E-state index in [1.165, 1.54) is 6.04 Å². The number of rotatable bonds is 1. The molecule has 28 valence electrons. The van der Waals surface area contributed by atoms with Crippen LogP contribution >= 0.6 is 0 Å². The summed E-state index contributed by atoms with van der Waals surface area (Å²) in [5.74, 6) is 0. The van der Waals surface area contributed by atoms with E-state index >= 15 is 0 Å². The summed E-state index contributed by atoms with van der Waals surface area (Å²) in [4.78, 5) is 0. The summed E-state index contributed by atoms with van der Waals surface area (Å²) in [5, 5.41) is 0. The largest absolute Gasteiger partial charge is 0.0954 e. The van der Waals surface area contributed by atoms with Crippen LogP contribution in [0.25, 0.3) is 0 Å². The van der Waals surface area contributed by atoms with Crippen molar-refractivity contribution in [2.75, 3.05) is 0 Å². The Bertz CT molecular complexity index is 52.0. The molecule has 0 saturated carbocycles. The molecule has 1 atom stereocenters. The van der Waals surface area contributed by atoms with Gasteiger partial charge in [0.2, 0.25) is 0 Å². The molecule has 0 aliphatic carbocycles. The Labute approximate surface area is 45.8 Å². The summed E-state index contributed by atoms with van der Waals surface area (Å²) in [6.45, 7) is 3.92. The van der Waals surface area contributed by atoms with Crippen molar-refractivity contribution in [3.8, 4) is 0 Å². The van der Waals surface area contributed by atoms with Crippen molar-refractivity contribution in [3.63, 3.8) is 0 Å². The van der Waals surface area contributed by atoms with Crippen molar-refractivity contribution in [2.45, 2.75) is 11.6 Å². The van der Waals surface area contributed by atoms with Crippen molar-refractivity contribution in [1.29, 1.82) is 0 Å². The molecule has 6 heavy (non-hydrogen) atoms. The van der Waals surface area contributed by atoms with Crippen molar-refractivity contribution in [3.05, 3.63) is 6.92 Å². The first-order chi connectivity index (χ1) is 2.84. The first kappa shape index (κ1) is 4.67. The Kier molecular flexibility index (Phi) is 1.21. The molecule has 0 amide bonds. The van der Waals surface area contributed by atoms with Crippen LogP contribution in [0.2, 0.25) is 11.6 Å². The Morgan fingerprint density at radius 2 is 2.50 bits per heavy atom. The van der Waals surface area contributed by atoms with Crippen LogP contribution in [-0.4, -0.2) is 26.6 Å². The summed E-state index contributed by atoms with van der Waals surface area (Å²) in [6.07, 6.45) is 0. The minimum atomic E-state index is 0.129. The molecule has 1 aliphatic rings. The molecule has 1 heterocycles. The van der Waals surface area contributed by atoms with Gasteiger partial charge in [-0.25, -0.2) is 0 Å². The maximum atomic E-state index is 3.92. The molecule has 0 N–H and O–H groups in total. The van der Waals surface area contributed by atoms with Crippen molar-refractivity contribution >= 4 is 26.6 Å². The normalized spacial score (nSPS) is 33.8. The lowest BCUT2D eigenvalue weighted by Gasteiger charge is -1.68. The van der Waals surface area contributed by atoms with Gasteiger partial charge in [0.1, 0.15) is 0 Å². The summed E-state index contributed by atoms with van der Waals surface area (Å²) in [6, 6.07) is 1.45. The Hall–Kier alpha value is 0.521. The van der Waals surface area contributed by atoms with Gasteiger partial charge in [0.05, 0.1) is 20.8 Å². The molecule has 0 spiro atoms. The molecule has 0 aromatic carbocycles. The highest BCUT2D eigenvalue weighted by molar-refractivity contribution is 7.35. The third-order valence-corrected chi connectivity index (χ3v) is 8.57. The molecule has 6 radical (unpaired) electrons. The van der Waals surface area contributed by atoms with Crippen LogP contribution in [0.4, 0.5) is 0 Å². The Balaban J connectivity index is 2.09. The molecule has 0 aromatic heterocycles. The SMILES string of the molecule is [CH2+]C1C[Si]1[Si][Si]. The van der Waals surface area contributed by atoms with Gasteiger partial charge in [-0.1, -0.05) is 0 Å². The van der Waals surface area contributed by atoms with Gasteiger partial charge in [0, 0.05) is 18.3 Å². The van der Waals surface area contributed by atoms with E-state index in [1.807, 2.05) is 0 Å². The van der Waals surface area contributed by atoms with E-state index in [1.54, 1.807) is 0 Å². The van der Waals surface area contributed by atoms with Gasteiger partial charge in [-0.2, -0.15) is 0 Å². The van der Waals surface area contributed by atoms with E-state index in [-0.39, 0.29) is 8.31 Å². The van der Waals surface area contributed by atoms with Crippen LogP contribution in [0.15, 0.2) is 0 Å². The maximum Gasteiger partial charge on any atom is 0.0954 e. The highest BCUT2D eigenvalue weighted by Crippen LogP contribution is 2.33. The lowest BCUT2D eigenvalue weighted by atomic mass is 10.6. The van der Waals surface area contributed by atoms with Crippen molar-refractivity contribution in [1.82, 2.24) is 0 Å². The second-order valence-corrected chi connectivity index (χ2v) is 9.00. The van der Waals surface area contributed by atoms with Crippen molar-refractivity contribution in [2.24, 2.45) is 0 Å². The zero-order valence-corrected chi connectivity index (χ0v) is 6.49. The van der Waals surface area contributed by atoms with Gasteiger partial charge in [0.15, 0.2) is 0 Å². The molecular weight excluding hydrogens is 120 g/mol. The minimum absolute atomic E-state index is 0.129. The van der Waals surface area contributed by atoms with E-state index in [2.05, 4.69) is 16.7 Å². The molecular formula is C3H5Si3+. The van der Waals surface area contributed by atoms with E-state index < -0.39 is 0 Å². The number of hydrogen-bond donors (Lipinski definition) is 0. The van der Waals surface area contributed by atoms with Gasteiger partial charge < -0.3 is 0 Å². The molecule has 1 fully saturated rings. The fraction of sp³-hybridized carbons (Fsp3) is 0.667. The second-order valence-electron chi connectivity index (χ2n) is 1.55. The first-order valence-electron chi connectivity index (χ1n) is 1.96. The predicted molar refractivity (Wildman–Crippen MR) is 31.2 cm³/mol. The van der Waals surface area contributed by atoms with Gasteiger partial charge in [0.25, 0.3) is 0 Å². The highest BCUT2D eigenvalue weighted by Gasteiger charge is 2.39. The topological polar surface area (TPSA) is 0 Å². The third kappa shape index (κ3) is 0.772. The molecule has 1 rings (SSSR count). The molecule has 1 aliphatic heterocycles. The van der Waals surface area contributed by atoms with E-state index in [0.717, 1.165) is 14.1 Å². The monoisotopic (exact) mass is 125 g/mol. The predicted octanol–water partition coefficient (Wildman–Crippen LogP) is -0.0165. The molecule has 0 bridgehead atoms. The van der Waals surface area contributed by atoms with Crippen LogP contribution in [-0.2, 0) is 0 Å². The summed E-state index contributed by atoms with van der Waals surface area (Å²) in [5.41, 5.74) is 0.880. The van der Waals surface area contributed by atoms with Crippen LogP contribution in [0.3, 0.4) is 0 Å². The molecule has 0 nitrogen and oxygen atoms in total. The second kappa shape index (κ2) is 1.55. The van der Waals surface area contributed by atoms with E-state index in [0.29, 0.717) is 0 Å². The summed E-state index contributed by atoms with van der Waals surface area (Å²) < 4.78 is 0. The molecule has 1 unspecified atom stereocenters. The van der Waals surface area contributed by atoms with Crippen LogP contribution in [0.1, 0.15) is 0 Å². The zero-order valence-electron chi connectivity index (χ0n) is 3.49. The fourth-order valence-corrected chi connectivity index (χ4v) is 6.41. The minimum Gasteiger partial charge on any atom is -0.0181 e. The lowest BCUT2D eigenvalue weighted by molar-refractivity contribution is 1.38. The molecule has 1 saturated heterocycles. The Morgan fingerprint density at radius 1 is 2.00 bits per heavy atom. The highest BCUT2D eigenvalue weighted by atomic mass is 29.5. The maximum absolute atomic E-state index is 3.92. The average Bonchev–Trinajstić information content (AvgIpc) is 2.19. The smallest absolute Gasteiger partial charge is 0.0181 e. The summed E-state index contributed by atoms with van der Waals surface area (Å²) >= 11 is 0. The Morgan fingerprint density at radius 3 is 2.50 bits per heavy atom.